The molecule has 7 heteroatoms. The third kappa shape index (κ3) is 2.68. The quantitative estimate of drug-likeness (QED) is 0.749. The van der Waals surface area contributed by atoms with Crippen LogP contribution in [0.15, 0.2) is 47.4 Å². The summed E-state index contributed by atoms with van der Waals surface area (Å²) in [4.78, 5) is 11.4. The number of fused-ring (bicyclic) bond motifs is 1. The van der Waals surface area contributed by atoms with Gasteiger partial charge in [-0.25, -0.2) is 8.42 Å². The molecule has 0 atom stereocenters. The van der Waals surface area contributed by atoms with E-state index in [4.69, 9.17) is 5.73 Å². The maximum Gasteiger partial charge on any atom is 0.261 e. The van der Waals surface area contributed by atoms with E-state index in [0.717, 1.165) is 5.56 Å². The van der Waals surface area contributed by atoms with Gasteiger partial charge in [-0.1, -0.05) is 6.07 Å². The van der Waals surface area contributed by atoms with Gasteiger partial charge < -0.3 is 11.1 Å². The Bertz CT molecular complexity index is 831. The molecule has 2 aromatic carbocycles. The molecule has 2 aromatic rings. The number of rotatable bonds is 3. The van der Waals surface area contributed by atoms with Crippen LogP contribution in [0.3, 0.4) is 0 Å². The molecule has 0 aliphatic carbocycles. The fourth-order valence-corrected chi connectivity index (χ4v) is 3.29. The summed E-state index contributed by atoms with van der Waals surface area (Å²) in [7, 11) is -3.70. The Morgan fingerprint density at radius 3 is 2.71 bits per heavy atom. The molecule has 1 aliphatic rings. The molecule has 0 unspecified atom stereocenters. The number of sulfonamides is 1. The Labute approximate surface area is 122 Å². The Balaban J connectivity index is 1.90. The first kappa shape index (κ1) is 13.4. The van der Waals surface area contributed by atoms with Crippen LogP contribution >= 0.6 is 0 Å². The molecule has 0 aromatic heterocycles. The van der Waals surface area contributed by atoms with E-state index in [9.17, 15) is 13.2 Å². The number of nitrogens with one attached hydrogen (secondary N) is 2. The van der Waals surface area contributed by atoms with E-state index < -0.39 is 10.0 Å². The van der Waals surface area contributed by atoms with E-state index >= 15 is 0 Å². The van der Waals surface area contributed by atoms with Crippen molar-refractivity contribution in [3.05, 3.63) is 48.0 Å². The van der Waals surface area contributed by atoms with Gasteiger partial charge in [0.1, 0.15) is 0 Å². The normalized spacial score (nSPS) is 13.6. The predicted molar refractivity (Wildman–Crippen MR) is 80.4 cm³/mol. The lowest BCUT2D eigenvalue weighted by molar-refractivity contribution is -0.115. The maximum atomic E-state index is 12.3. The van der Waals surface area contributed by atoms with Crippen LogP contribution in [0.4, 0.5) is 17.1 Å². The second kappa shape index (κ2) is 4.78. The maximum absolute atomic E-state index is 12.3. The van der Waals surface area contributed by atoms with Gasteiger partial charge in [-0.05, 0) is 42.0 Å². The number of carbonyl (C=O) groups excluding carboxylic acids is 1. The standard InChI is InChI=1S/C14H13N3O3S/c15-10-2-1-3-12(8-10)21(19,20)17-11-4-5-13-9(6-11)7-14(18)16-13/h1-6,8,17H,7,15H2,(H,16,18). The number of nitrogens with two attached hydrogens (primary N) is 1. The van der Waals surface area contributed by atoms with Crippen LogP contribution in [-0.4, -0.2) is 14.3 Å². The number of anilines is 3. The number of benzene rings is 2. The zero-order chi connectivity index (χ0) is 15.0. The summed E-state index contributed by atoms with van der Waals surface area (Å²) in [6.45, 7) is 0. The van der Waals surface area contributed by atoms with Gasteiger partial charge in [-0.15, -0.1) is 0 Å². The molecule has 0 radical (unpaired) electrons. The smallest absolute Gasteiger partial charge is 0.261 e. The average Bonchev–Trinajstić information content (AvgIpc) is 2.77. The number of hydrogen-bond acceptors (Lipinski definition) is 4. The molecule has 0 spiro atoms. The van der Waals surface area contributed by atoms with Gasteiger partial charge >= 0.3 is 0 Å². The molecule has 1 aliphatic heterocycles. The molecule has 0 fully saturated rings. The van der Waals surface area contributed by atoms with Crippen molar-refractivity contribution in [3.63, 3.8) is 0 Å². The highest BCUT2D eigenvalue weighted by Gasteiger charge is 2.19. The molecular formula is C14H13N3O3S. The molecule has 1 amide bonds. The highest BCUT2D eigenvalue weighted by atomic mass is 32.2. The van der Waals surface area contributed by atoms with Gasteiger partial charge in [0, 0.05) is 17.1 Å². The number of amides is 1. The predicted octanol–water partition coefficient (Wildman–Crippen LogP) is 1.56. The third-order valence-electron chi connectivity index (χ3n) is 3.15. The monoisotopic (exact) mass is 303 g/mol. The Hall–Kier alpha value is -2.54. The van der Waals surface area contributed by atoms with Crippen LogP contribution in [0.2, 0.25) is 0 Å². The second-order valence-electron chi connectivity index (χ2n) is 4.77. The van der Waals surface area contributed by atoms with Gasteiger partial charge in [0.15, 0.2) is 0 Å². The summed E-state index contributed by atoms with van der Waals surface area (Å²) < 4.78 is 27.0. The molecule has 108 valence electrons. The van der Waals surface area contributed by atoms with Crippen molar-refractivity contribution in [1.29, 1.82) is 0 Å². The molecule has 21 heavy (non-hydrogen) atoms. The molecule has 3 rings (SSSR count). The van der Waals surface area contributed by atoms with Crippen molar-refractivity contribution in [2.45, 2.75) is 11.3 Å². The summed E-state index contributed by atoms with van der Waals surface area (Å²) in [5.74, 6) is -0.0964. The molecule has 0 saturated heterocycles. The lowest BCUT2D eigenvalue weighted by atomic mass is 10.1. The molecule has 0 bridgehead atoms. The van der Waals surface area contributed by atoms with Crippen LogP contribution in [-0.2, 0) is 21.2 Å². The van der Waals surface area contributed by atoms with Crippen molar-refractivity contribution in [2.24, 2.45) is 0 Å². The van der Waals surface area contributed by atoms with E-state index in [1.807, 2.05) is 0 Å². The Kier molecular flexibility index (Phi) is 3.06. The molecular weight excluding hydrogens is 290 g/mol. The third-order valence-corrected chi connectivity index (χ3v) is 4.53. The molecule has 6 nitrogen and oxygen atoms in total. The molecule has 0 saturated carbocycles. The molecule has 1 heterocycles. The Morgan fingerprint density at radius 2 is 1.95 bits per heavy atom. The SMILES string of the molecule is Nc1cccc(S(=O)(=O)Nc2ccc3c(c2)CC(=O)N3)c1. The summed E-state index contributed by atoms with van der Waals surface area (Å²) >= 11 is 0. The number of carbonyl (C=O) groups is 1. The van der Waals surface area contributed by atoms with Crippen molar-refractivity contribution >= 4 is 33.0 Å². The summed E-state index contributed by atoms with van der Waals surface area (Å²) in [6, 6.07) is 11.0. The van der Waals surface area contributed by atoms with E-state index in [-0.39, 0.29) is 17.2 Å². The van der Waals surface area contributed by atoms with E-state index in [0.29, 0.717) is 17.1 Å². The fourth-order valence-electron chi connectivity index (χ4n) is 2.19. The average molecular weight is 303 g/mol. The van der Waals surface area contributed by atoms with Crippen LogP contribution in [0.5, 0.6) is 0 Å². The molecule has 4 N–H and O–H groups in total. The van der Waals surface area contributed by atoms with Crippen molar-refractivity contribution in [1.82, 2.24) is 0 Å². The Morgan fingerprint density at radius 1 is 1.14 bits per heavy atom. The van der Waals surface area contributed by atoms with Crippen LogP contribution in [0.25, 0.3) is 0 Å². The zero-order valence-electron chi connectivity index (χ0n) is 11.0. The van der Waals surface area contributed by atoms with Crippen LogP contribution in [0, 0.1) is 0 Å². The zero-order valence-corrected chi connectivity index (χ0v) is 11.8. The largest absolute Gasteiger partial charge is 0.399 e. The number of hydrogen-bond donors (Lipinski definition) is 3. The topological polar surface area (TPSA) is 101 Å². The minimum absolute atomic E-state index is 0.0946. The highest BCUT2D eigenvalue weighted by molar-refractivity contribution is 7.92. The first-order valence-corrected chi connectivity index (χ1v) is 7.73. The second-order valence-corrected chi connectivity index (χ2v) is 6.46. The minimum Gasteiger partial charge on any atom is -0.399 e. The van der Waals surface area contributed by atoms with E-state index in [1.165, 1.54) is 12.1 Å². The first-order chi connectivity index (χ1) is 9.94. The summed E-state index contributed by atoms with van der Waals surface area (Å²) in [5.41, 5.74) is 7.87. The summed E-state index contributed by atoms with van der Waals surface area (Å²) in [6.07, 6.45) is 0.253. The fraction of sp³-hybridized carbons (Fsp3) is 0.0714. The van der Waals surface area contributed by atoms with Crippen molar-refractivity contribution in [3.8, 4) is 0 Å². The van der Waals surface area contributed by atoms with E-state index in [1.54, 1.807) is 30.3 Å². The minimum atomic E-state index is -3.70. The highest BCUT2D eigenvalue weighted by Crippen LogP contribution is 2.27. The lowest BCUT2D eigenvalue weighted by Crippen LogP contribution is -2.13. The van der Waals surface area contributed by atoms with Gasteiger partial charge in [0.05, 0.1) is 11.3 Å². The van der Waals surface area contributed by atoms with Gasteiger partial charge in [-0.3, -0.25) is 9.52 Å². The van der Waals surface area contributed by atoms with Gasteiger partial charge in [0.25, 0.3) is 10.0 Å². The first-order valence-electron chi connectivity index (χ1n) is 6.25. The van der Waals surface area contributed by atoms with Crippen molar-refractivity contribution in [2.75, 3.05) is 15.8 Å². The number of nitrogen functional groups attached to an aromatic ring is 1. The van der Waals surface area contributed by atoms with E-state index in [2.05, 4.69) is 10.0 Å². The van der Waals surface area contributed by atoms with Crippen molar-refractivity contribution < 1.29 is 13.2 Å². The van der Waals surface area contributed by atoms with Crippen LogP contribution in [0.1, 0.15) is 5.56 Å². The lowest BCUT2D eigenvalue weighted by Gasteiger charge is -2.09. The van der Waals surface area contributed by atoms with Crippen LogP contribution < -0.4 is 15.8 Å². The summed E-state index contributed by atoms with van der Waals surface area (Å²) in [5, 5.41) is 2.69. The van der Waals surface area contributed by atoms with Gasteiger partial charge in [-0.2, -0.15) is 0 Å². The van der Waals surface area contributed by atoms with Gasteiger partial charge in [0.2, 0.25) is 5.91 Å².